The molecular formula is C14H14N2O3. The van der Waals surface area contributed by atoms with E-state index >= 15 is 0 Å². The van der Waals surface area contributed by atoms with Gasteiger partial charge in [-0.25, -0.2) is 4.79 Å². The van der Waals surface area contributed by atoms with E-state index in [0.29, 0.717) is 0 Å². The monoisotopic (exact) mass is 258 g/mol. The first kappa shape index (κ1) is 13.0. The zero-order valence-electron chi connectivity index (χ0n) is 10.5. The average Bonchev–Trinajstić information content (AvgIpc) is 2.37. The third kappa shape index (κ3) is 3.28. The molecule has 1 heterocycles. The summed E-state index contributed by atoms with van der Waals surface area (Å²) in [5.74, 6) is -1.41. The fourth-order valence-corrected chi connectivity index (χ4v) is 1.91. The van der Waals surface area contributed by atoms with Crippen LogP contribution in [0.3, 0.4) is 0 Å². The summed E-state index contributed by atoms with van der Waals surface area (Å²) < 4.78 is 0. The molecule has 0 spiro atoms. The lowest BCUT2D eigenvalue weighted by molar-refractivity contribution is -0.141. The van der Waals surface area contributed by atoms with Crippen LogP contribution in [0.4, 0.5) is 0 Å². The SMILES string of the molecule is CC(=O)N[C@@H](Cc1cnc2ccccc2c1)C(=O)O. The molecule has 5 nitrogen and oxygen atoms in total. The van der Waals surface area contributed by atoms with Crippen LogP contribution in [0.1, 0.15) is 12.5 Å². The number of hydrogen-bond donors (Lipinski definition) is 2. The quantitative estimate of drug-likeness (QED) is 0.868. The van der Waals surface area contributed by atoms with E-state index in [2.05, 4.69) is 10.3 Å². The van der Waals surface area contributed by atoms with Crippen molar-refractivity contribution in [3.63, 3.8) is 0 Å². The Bertz CT molecular complexity index is 625. The Labute approximate surface area is 110 Å². The van der Waals surface area contributed by atoms with Crippen molar-refractivity contribution >= 4 is 22.8 Å². The largest absolute Gasteiger partial charge is 0.480 e. The van der Waals surface area contributed by atoms with Gasteiger partial charge in [0.2, 0.25) is 5.91 Å². The number of aliphatic carboxylic acids is 1. The van der Waals surface area contributed by atoms with E-state index in [1.54, 1.807) is 6.20 Å². The second-order valence-electron chi connectivity index (χ2n) is 4.33. The molecule has 0 radical (unpaired) electrons. The number of nitrogens with zero attached hydrogens (tertiary/aromatic N) is 1. The lowest BCUT2D eigenvalue weighted by atomic mass is 10.1. The molecule has 0 aliphatic rings. The number of carbonyl (C=O) groups excluding carboxylic acids is 1. The molecule has 0 unspecified atom stereocenters. The molecule has 2 N–H and O–H groups in total. The number of carboxylic acid groups (broad SMARTS) is 1. The highest BCUT2D eigenvalue weighted by Crippen LogP contribution is 2.14. The predicted octanol–water partition coefficient (Wildman–Crippen LogP) is 1.37. The van der Waals surface area contributed by atoms with Crippen LogP contribution in [0, 0.1) is 0 Å². The number of aromatic nitrogens is 1. The number of fused-ring (bicyclic) bond motifs is 1. The van der Waals surface area contributed by atoms with Crippen LogP contribution >= 0.6 is 0 Å². The molecule has 1 amide bonds. The smallest absolute Gasteiger partial charge is 0.326 e. The zero-order chi connectivity index (χ0) is 13.8. The van der Waals surface area contributed by atoms with Gasteiger partial charge in [0.15, 0.2) is 0 Å². The molecule has 2 aromatic rings. The van der Waals surface area contributed by atoms with E-state index in [0.717, 1.165) is 16.5 Å². The number of amides is 1. The zero-order valence-corrected chi connectivity index (χ0v) is 10.5. The summed E-state index contributed by atoms with van der Waals surface area (Å²) in [6.07, 6.45) is 1.85. The summed E-state index contributed by atoms with van der Waals surface area (Å²) in [6.45, 7) is 1.30. The van der Waals surface area contributed by atoms with Gasteiger partial charge < -0.3 is 10.4 Å². The van der Waals surface area contributed by atoms with Crippen LogP contribution in [-0.2, 0) is 16.0 Å². The molecule has 0 fully saturated rings. The summed E-state index contributed by atoms with van der Waals surface area (Å²) in [6, 6.07) is 8.56. The van der Waals surface area contributed by atoms with Crippen molar-refractivity contribution < 1.29 is 14.7 Å². The summed E-state index contributed by atoms with van der Waals surface area (Å²) in [7, 11) is 0. The van der Waals surface area contributed by atoms with Crippen LogP contribution in [0.5, 0.6) is 0 Å². The maximum atomic E-state index is 11.1. The molecule has 0 saturated carbocycles. The van der Waals surface area contributed by atoms with E-state index < -0.39 is 12.0 Å². The highest BCUT2D eigenvalue weighted by atomic mass is 16.4. The van der Waals surface area contributed by atoms with E-state index in [1.807, 2.05) is 30.3 Å². The minimum absolute atomic E-state index is 0.215. The molecule has 98 valence electrons. The predicted molar refractivity (Wildman–Crippen MR) is 70.7 cm³/mol. The molecule has 5 heteroatoms. The van der Waals surface area contributed by atoms with Crippen LogP contribution in [-0.4, -0.2) is 28.0 Å². The molecule has 2 rings (SSSR count). The third-order valence-electron chi connectivity index (χ3n) is 2.76. The van der Waals surface area contributed by atoms with Crippen molar-refractivity contribution in [2.75, 3.05) is 0 Å². The van der Waals surface area contributed by atoms with Gasteiger partial charge in [-0.15, -0.1) is 0 Å². The number of benzene rings is 1. The van der Waals surface area contributed by atoms with Crippen molar-refractivity contribution in [3.8, 4) is 0 Å². The van der Waals surface area contributed by atoms with E-state index in [9.17, 15) is 9.59 Å². The number of hydrogen-bond acceptors (Lipinski definition) is 3. The second kappa shape index (κ2) is 5.48. The highest BCUT2D eigenvalue weighted by molar-refractivity contribution is 5.83. The number of para-hydroxylation sites is 1. The van der Waals surface area contributed by atoms with Crippen molar-refractivity contribution in [2.24, 2.45) is 0 Å². The van der Waals surface area contributed by atoms with E-state index in [-0.39, 0.29) is 12.3 Å². The molecule has 0 saturated heterocycles. The Morgan fingerprint density at radius 2 is 2.11 bits per heavy atom. The van der Waals surface area contributed by atoms with Gasteiger partial charge in [0.1, 0.15) is 6.04 Å². The Morgan fingerprint density at radius 1 is 1.37 bits per heavy atom. The Morgan fingerprint density at radius 3 is 2.79 bits per heavy atom. The van der Waals surface area contributed by atoms with E-state index in [1.165, 1.54) is 6.92 Å². The fraction of sp³-hybridized carbons (Fsp3) is 0.214. The summed E-state index contributed by atoms with van der Waals surface area (Å²) in [5, 5.41) is 12.4. The first-order chi connectivity index (χ1) is 9.06. The van der Waals surface area contributed by atoms with Gasteiger partial charge in [-0.1, -0.05) is 18.2 Å². The number of nitrogens with one attached hydrogen (secondary N) is 1. The highest BCUT2D eigenvalue weighted by Gasteiger charge is 2.18. The van der Waals surface area contributed by atoms with Crippen LogP contribution in [0.2, 0.25) is 0 Å². The van der Waals surface area contributed by atoms with Crippen LogP contribution in [0.25, 0.3) is 10.9 Å². The van der Waals surface area contributed by atoms with Crippen molar-refractivity contribution in [1.29, 1.82) is 0 Å². The number of rotatable bonds is 4. The summed E-state index contributed by atoms with van der Waals surface area (Å²) in [5.41, 5.74) is 1.64. The normalized spacial score (nSPS) is 12.1. The van der Waals surface area contributed by atoms with Gasteiger partial charge in [0.25, 0.3) is 0 Å². The lowest BCUT2D eigenvalue weighted by Crippen LogP contribution is -2.41. The van der Waals surface area contributed by atoms with Gasteiger partial charge in [0.05, 0.1) is 5.52 Å². The fourth-order valence-electron chi connectivity index (χ4n) is 1.91. The number of pyridine rings is 1. The minimum Gasteiger partial charge on any atom is -0.480 e. The van der Waals surface area contributed by atoms with Crippen molar-refractivity contribution in [1.82, 2.24) is 10.3 Å². The maximum Gasteiger partial charge on any atom is 0.326 e. The standard InChI is InChI=1S/C14H14N2O3/c1-9(17)16-13(14(18)19)7-10-6-11-4-2-3-5-12(11)15-8-10/h2-6,8,13H,7H2,1H3,(H,16,17)(H,18,19)/t13-/m0/s1. The third-order valence-corrected chi connectivity index (χ3v) is 2.76. The lowest BCUT2D eigenvalue weighted by Gasteiger charge is -2.13. The van der Waals surface area contributed by atoms with Gasteiger partial charge in [-0.2, -0.15) is 0 Å². The Kier molecular flexibility index (Phi) is 3.75. The Hall–Kier alpha value is -2.43. The van der Waals surface area contributed by atoms with Gasteiger partial charge >= 0.3 is 5.97 Å². The Balaban J connectivity index is 2.23. The average molecular weight is 258 g/mol. The van der Waals surface area contributed by atoms with Crippen molar-refractivity contribution in [2.45, 2.75) is 19.4 Å². The van der Waals surface area contributed by atoms with E-state index in [4.69, 9.17) is 5.11 Å². The van der Waals surface area contributed by atoms with Gasteiger partial charge in [0, 0.05) is 24.9 Å². The topological polar surface area (TPSA) is 79.3 Å². The molecule has 0 aliphatic heterocycles. The summed E-state index contributed by atoms with van der Waals surface area (Å²) in [4.78, 5) is 26.3. The molecular weight excluding hydrogens is 244 g/mol. The number of carboxylic acids is 1. The first-order valence-corrected chi connectivity index (χ1v) is 5.90. The minimum atomic E-state index is -1.05. The molecule has 1 atom stereocenters. The maximum absolute atomic E-state index is 11.1. The molecule has 0 bridgehead atoms. The van der Waals surface area contributed by atoms with Crippen molar-refractivity contribution in [3.05, 3.63) is 42.1 Å². The van der Waals surface area contributed by atoms with Crippen LogP contribution < -0.4 is 5.32 Å². The van der Waals surface area contributed by atoms with Gasteiger partial charge in [-0.3, -0.25) is 9.78 Å². The molecule has 1 aromatic heterocycles. The molecule has 0 aliphatic carbocycles. The van der Waals surface area contributed by atoms with Gasteiger partial charge in [-0.05, 0) is 17.7 Å². The molecule has 19 heavy (non-hydrogen) atoms. The number of carbonyl (C=O) groups is 2. The first-order valence-electron chi connectivity index (χ1n) is 5.90. The second-order valence-corrected chi connectivity index (χ2v) is 4.33. The molecule has 1 aromatic carbocycles. The van der Waals surface area contributed by atoms with Crippen LogP contribution in [0.15, 0.2) is 36.5 Å². The summed E-state index contributed by atoms with van der Waals surface area (Å²) >= 11 is 0.